The Hall–Kier alpha value is -3.03. The zero-order chi connectivity index (χ0) is 24.0. The molecule has 0 aliphatic carbocycles. The maximum Gasteiger partial charge on any atom is 0.318 e. The van der Waals surface area contributed by atoms with Gasteiger partial charge < -0.3 is 19.7 Å². The van der Waals surface area contributed by atoms with Crippen LogP contribution < -0.4 is 10.1 Å². The summed E-state index contributed by atoms with van der Waals surface area (Å²) in [5, 5.41) is 8.25. The predicted octanol–water partition coefficient (Wildman–Crippen LogP) is 5.58. The highest BCUT2D eigenvalue weighted by Gasteiger charge is 2.25. The van der Waals surface area contributed by atoms with Gasteiger partial charge in [-0.15, -0.1) is 0 Å². The molecule has 0 atom stereocenters. The monoisotopic (exact) mass is 470 g/mol. The van der Waals surface area contributed by atoms with Gasteiger partial charge in [-0.2, -0.15) is 5.10 Å². The average molecular weight is 471 g/mol. The van der Waals surface area contributed by atoms with Crippen LogP contribution in [0.25, 0.3) is 5.69 Å². The number of methoxy groups -OCH3 is 1. The molecule has 33 heavy (non-hydrogen) atoms. The molecule has 8 heteroatoms. The van der Waals surface area contributed by atoms with Crippen LogP contribution in [0.15, 0.2) is 54.6 Å². The number of carbonyl (C=O) groups excluding carboxylic acids is 1. The van der Waals surface area contributed by atoms with Gasteiger partial charge in [-0.25, -0.2) is 9.48 Å². The Morgan fingerprint density at radius 1 is 1.12 bits per heavy atom. The molecule has 2 aromatic carbocycles. The van der Waals surface area contributed by atoms with Crippen LogP contribution >= 0.6 is 11.6 Å². The first-order valence-electron chi connectivity index (χ1n) is 10.8. The Labute approximate surface area is 200 Å². The first-order valence-corrected chi connectivity index (χ1v) is 11.2. The van der Waals surface area contributed by atoms with Gasteiger partial charge in [0.25, 0.3) is 0 Å². The number of rotatable bonds is 8. The molecular formula is C25H31ClN4O3. The molecule has 3 aromatic rings. The summed E-state index contributed by atoms with van der Waals surface area (Å²) in [6.45, 7) is 8.87. The van der Waals surface area contributed by atoms with Crippen molar-refractivity contribution in [3.05, 3.63) is 70.9 Å². The third-order valence-corrected chi connectivity index (χ3v) is 5.18. The smallest absolute Gasteiger partial charge is 0.318 e. The Morgan fingerprint density at radius 3 is 2.42 bits per heavy atom. The molecule has 0 aliphatic heterocycles. The van der Waals surface area contributed by atoms with Gasteiger partial charge in [0.05, 0.1) is 35.1 Å². The highest BCUT2D eigenvalue weighted by molar-refractivity contribution is 6.32. The molecule has 0 spiro atoms. The van der Waals surface area contributed by atoms with Crippen LogP contribution in [0.4, 0.5) is 4.79 Å². The minimum atomic E-state index is -0.372. The second-order valence-electron chi connectivity index (χ2n) is 8.74. The van der Waals surface area contributed by atoms with Crippen LogP contribution in [0.2, 0.25) is 5.02 Å². The Kier molecular flexibility index (Phi) is 8.00. The lowest BCUT2D eigenvalue weighted by molar-refractivity contribution is 0.142. The number of aryl methyl sites for hydroxylation is 1. The summed E-state index contributed by atoms with van der Waals surface area (Å²) in [5.41, 5.74) is 2.02. The Morgan fingerprint density at radius 2 is 1.79 bits per heavy atom. The summed E-state index contributed by atoms with van der Waals surface area (Å²) >= 11 is 6.38. The molecule has 0 unspecified atom stereocenters. The number of hydrogen-bond acceptors (Lipinski definition) is 4. The number of hydrogen-bond donors (Lipinski definition) is 1. The Bertz CT molecular complexity index is 1080. The van der Waals surface area contributed by atoms with Gasteiger partial charge >= 0.3 is 6.03 Å². The van der Waals surface area contributed by atoms with Crippen LogP contribution in [-0.4, -0.2) is 46.5 Å². The lowest BCUT2D eigenvalue weighted by Crippen LogP contribution is -2.49. The third-order valence-electron chi connectivity index (χ3n) is 4.86. The number of benzene rings is 2. The van der Waals surface area contributed by atoms with E-state index in [2.05, 4.69) is 5.32 Å². The fourth-order valence-electron chi connectivity index (χ4n) is 3.25. The van der Waals surface area contributed by atoms with Gasteiger partial charge in [-0.05, 0) is 52.0 Å². The molecule has 0 saturated carbocycles. The molecule has 1 aromatic heterocycles. The van der Waals surface area contributed by atoms with Crippen molar-refractivity contribution < 1.29 is 14.3 Å². The third kappa shape index (κ3) is 6.49. The summed E-state index contributed by atoms with van der Waals surface area (Å²) in [7, 11) is 1.62. The number of para-hydroxylation sites is 2. The van der Waals surface area contributed by atoms with Crippen molar-refractivity contribution in [3.8, 4) is 17.3 Å². The van der Waals surface area contributed by atoms with Crippen molar-refractivity contribution in [2.45, 2.75) is 39.8 Å². The molecule has 1 N–H and O–H groups in total. The number of nitrogens with zero attached hydrogens (tertiary/aromatic N) is 3. The molecular weight excluding hydrogens is 440 g/mol. The van der Waals surface area contributed by atoms with Crippen molar-refractivity contribution in [1.29, 1.82) is 0 Å². The molecule has 176 valence electrons. The van der Waals surface area contributed by atoms with Crippen molar-refractivity contribution >= 4 is 17.6 Å². The van der Waals surface area contributed by atoms with Gasteiger partial charge in [0.15, 0.2) is 0 Å². The van der Waals surface area contributed by atoms with Gasteiger partial charge in [0.2, 0.25) is 5.88 Å². The summed E-state index contributed by atoms with van der Waals surface area (Å²) < 4.78 is 13.3. The maximum absolute atomic E-state index is 13.1. The van der Waals surface area contributed by atoms with Crippen LogP contribution in [-0.2, 0) is 11.3 Å². The summed E-state index contributed by atoms with van der Waals surface area (Å²) in [5.74, 6) is 1.03. The van der Waals surface area contributed by atoms with Crippen LogP contribution in [0.5, 0.6) is 11.6 Å². The normalized spacial score (nSPS) is 11.3. The Balaban J connectivity index is 2.04. The SMILES string of the molecule is COCCN(Cc1c(C)nn(-c2ccccc2)c1Oc1ccccc1Cl)C(=O)NC(C)(C)C. The molecule has 0 radical (unpaired) electrons. The zero-order valence-corrected chi connectivity index (χ0v) is 20.5. The van der Waals surface area contributed by atoms with E-state index in [9.17, 15) is 4.79 Å². The topological polar surface area (TPSA) is 68.6 Å². The van der Waals surface area contributed by atoms with E-state index in [-0.39, 0.29) is 11.6 Å². The van der Waals surface area contributed by atoms with Gasteiger partial charge in [-0.3, -0.25) is 0 Å². The minimum Gasteiger partial charge on any atom is -0.437 e. The first kappa shape index (κ1) is 24.6. The number of carbonyl (C=O) groups is 1. The van der Waals surface area contributed by atoms with Crippen LogP contribution in [0, 0.1) is 6.92 Å². The molecule has 1 heterocycles. The second-order valence-corrected chi connectivity index (χ2v) is 9.15. The van der Waals surface area contributed by atoms with E-state index in [1.54, 1.807) is 28.8 Å². The molecule has 0 saturated heterocycles. The summed E-state index contributed by atoms with van der Waals surface area (Å²) in [6, 6.07) is 16.8. The highest BCUT2D eigenvalue weighted by atomic mass is 35.5. The number of amides is 2. The van der Waals surface area contributed by atoms with Crippen LogP contribution in [0.3, 0.4) is 0 Å². The van der Waals surface area contributed by atoms with Gasteiger partial charge in [-0.1, -0.05) is 41.9 Å². The number of ether oxygens (including phenoxy) is 2. The molecule has 0 bridgehead atoms. The molecule has 7 nitrogen and oxygen atoms in total. The fraction of sp³-hybridized carbons (Fsp3) is 0.360. The van der Waals surface area contributed by atoms with Crippen molar-refractivity contribution in [2.75, 3.05) is 20.3 Å². The van der Waals surface area contributed by atoms with E-state index in [0.717, 1.165) is 16.9 Å². The molecule has 0 aliphatic rings. The summed E-state index contributed by atoms with van der Waals surface area (Å²) in [6.07, 6.45) is 0. The van der Waals surface area contributed by atoms with E-state index >= 15 is 0 Å². The van der Waals surface area contributed by atoms with Gasteiger partial charge in [0.1, 0.15) is 5.75 Å². The predicted molar refractivity (Wildman–Crippen MR) is 130 cm³/mol. The van der Waals surface area contributed by atoms with E-state index in [0.29, 0.717) is 36.3 Å². The standard InChI is InChI=1S/C25H31ClN4O3/c1-18-20(17-29(15-16-32-5)24(31)27-25(2,3)4)23(33-22-14-10-9-13-21(22)26)30(28-18)19-11-7-6-8-12-19/h6-14H,15-17H2,1-5H3,(H,27,31). The van der Waals surface area contributed by atoms with E-state index < -0.39 is 0 Å². The second kappa shape index (κ2) is 10.7. The summed E-state index contributed by atoms with van der Waals surface area (Å²) in [4.78, 5) is 14.8. The maximum atomic E-state index is 13.1. The first-order chi connectivity index (χ1) is 15.7. The van der Waals surface area contributed by atoms with Crippen molar-refractivity contribution in [3.63, 3.8) is 0 Å². The lowest BCUT2D eigenvalue weighted by atomic mass is 10.1. The minimum absolute atomic E-state index is 0.185. The number of nitrogens with one attached hydrogen (secondary N) is 1. The zero-order valence-electron chi connectivity index (χ0n) is 19.8. The van der Waals surface area contributed by atoms with E-state index in [1.807, 2.05) is 70.2 Å². The largest absolute Gasteiger partial charge is 0.437 e. The lowest BCUT2D eigenvalue weighted by Gasteiger charge is -2.28. The van der Waals surface area contributed by atoms with Crippen LogP contribution in [0.1, 0.15) is 32.0 Å². The van der Waals surface area contributed by atoms with E-state index in [1.165, 1.54) is 0 Å². The van der Waals surface area contributed by atoms with Crippen molar-refractivity contribution in [2.24, 2.45) is 0 Å². The number of urea groups is 1. The van der Waals surface area contributed by atoms with Gasteiger partial charge in [0, 0.05) is 19.2 Å². The molecule has 0 fully saturated rings. The molecule has 3 rings (SSSR count). The molecule has 2 amide bonds. The fourth-order valence-corrected chi connectivity index (χ4v) is 3.42. The van der Waals surface area contributed by atoms with E-state index in [4.69, 9.17) is 26.2 Å². The average Bonchev–Trinajstić information content (AvgIpc) is 3.07. The van der Waals surface area contributed by atoms with Crippen molar-refractivity contribution in [1.82, 2.24) is 20.0 Å². The number of aromatic nitrogens is 2. The highest BCUT2D eigenvalue weighted by Crippen LogP contribution is 2.34. The quantitative estimate of drug-likeness (QED) is 0.466. The number of halogens is 1.